The molecule has 0 saturated heterocycles. The summed E-state index contributed by atoms with van der Waals surface area (Å²) in [6.45, 7) is 4.06. The van der Waals surface area contributed by atoms with Crippen LogP contribution in [0.1, 0.15) is 16.7 Å². The molecule has 8 aromatic rings. The third-order valence-electron chi connectivity index (χ3n) is 8.51. The van der Waals surface area contributed by atoms with E-state index in [-0.39, 0.29) is 11.3 Å². The van der Waals surface area contributed by atoms with E-state index in [0.29, 0.717) is 11.4 Å². The van der Waals surface area contributed by atoms with Crippen molar-refractivity contribution in [2.24, 2.45) is 0 Å². The molecule has 0 bridgehead atoms. The van der Waals surface area contributed by atoms with E-state index in [2.05, 4.69) is 18.2 Å². The second-order valence-corrected chi connectivity index (χ2v) is 11.3. The summed E-state index contributed by atoms with van der Waals surface area (Å²) in [4.78, 5) is 4.72. The highest BCUT2D eigenvalue weighted by Crippen LogP contribution is 2.45. The van der Waals surface area contributed by atoms with Crippen LogP contribution in [0.15, 0.2) is 121 Å². The number of alkyl halides is 3. The van der Waals surface area contributed by atoms with Crippen molar-refractivity contribution in [3.63, 3.8) is 0 Å². The minimum absolute atomic E-state index is 0.0388. The van der Waals surface area contributed by atoms with Crippen molar-refractivity contribution in [3.05, 3.63) is 138 Å². The Morgan fingerprint density at radius 2 is 1.05 bits per heavy atom. The predicted molar refractivity (Wildman–Crippen MR) is 173 cm³/mol. The van der Waals surface area contributed by atoms with E-state index >= 15 is 13.2 Å². The molecule has 5 aromatic carbocycles. The molecule has 6 heteroatoms. The van der Waals surface area contributed by atoms with Gasteiger partial charge in [-0.3, -0.25) is 4.98 Å². The third kappa shape index (κ3) is 3.87. The van der Waals surface area contributed by atoms with E-state index in [0.717, 1.165) is 60.8 Å². The lowest BCUT2D eigenvalue weighted by Crippen LogP contribution is -2.12. The second kappa shape index (κ2) is 9.58. The van der Waals surface area contributed by atoms with E-state index in [9.17, 15) is 0 Å². The van der Waals surface area contributed by atoms with Crippen molar-refractivity contribution in [3.8, 4) is 22.6 Å². The Bertz CT molecular complexity index is 2410. The van der Waals surface area contributed by atoms with Crippen molar-refractivity contribution in [2.75, 3.05) is 0 Å². The third-order valence-corrected chi connectivity index (χ3v) is 8.51. The molecule has 0 aliphatic heterocycles. The van der Waals surface area contributed by atoms with Crippen molar-refractivity contribution < 1.29 is 13.2 Å². The van der Waals surface area contributed by atoms with Crippen LogP contribution in [0, 0.1) is 13.8 Å². The van der Waals surface area contributed by atoms with Crippen molar-refractivity contribution in [1.29, 1.82) is 0 Å². The van der Waals surface area contributed by atoms with Crippen LogP contribution in [-0.4, -0.2) is 14.1 Å². The molecular formula is C38H26F3N3. The van der Waals surface area contributed by atoms with E-state index < -0.39 is 11.7 Å². The summed E-state index contributed by atoms with van der Waals surface area (Å²) in [5, 5.41) is 4.04. The van der Waals surface area contributed by atoms with Crippen molar-refractivity contribution in [1.82, 2.24) is 14.1 Å². The zero-order chi connectivity index (χ0) is 30.2. The molecule has 0 amide bonds. The molecule has 0 aliphatic rings. The fourth-order valence-electron chi connectivity index (χ4n) is 6.67. The van der Waals surface area contributed by atoms with Crippen LogP contribution in [0.3, 0.4) is 0 Å². The van der Waals surface area contributed by atoms with Crippen LogP contribution in [-0.2, 0) is 6.18 Å². The van der Waals surface area contributed by atoms with Crippen molar-refractivity contribution in [2.45, 2.75) is 20.0 Å². The number of benzene rings is 5. The summed E-state index contributed by atoms with van der Waals surface area (Å²) in [7, 11) is 0. The van der Waals surface area contributed by atoms with Gasteiger partial charge in [0.05, 0.1) is 44.7 Å². The van der Waals surface area contributed by atoms with Gasteiger partial charge in [-0.25, -0.2) is 0 Å². The Kier molecular flexibility index (Phi) is 5.72. The lowest BCUT2D eigenvalue weighted by Gasteiger charge is -2.21. The van der Waals surface area contributed by atoms with Crippen LogP contribution in [0.4, 0.5) is 13.2 Å². The van der Waals surface area contributed by atoms with Gasteiger partial charge in [0.2, 0.25) is 0 Å². The summed E-state index contributed by atoms with van der Waals surface area (Å²) in [5.41, 5.74) is 6.24. The van der Waals surface area contributed by atoms with Crippen LogP contribution >= 0.6 is 0 Å². The Hall–Kier alpha value is -5.36. The quantitative estimate of drug-likeness (QED) is 0.204. The Morgan fingerprint density at radius 1 is 0.523 bits per heavy atom. The minimum atomic E-state index is -4.62. The monoisotopic (exact) mass is 581 g/mol. The molecule has 8 rings (SSSR count). The van der Waals surface area contributed by atoms with Gasteiger partial charge < -0.3 is 9.13 Å². The zero-order valence-corrected chi connectivity index (χ0v) is 24.0. The SMILES string of the molecule is Cc1ccc2c(c1)c1ccccc1n2-c1cccnc1-c1c(-n2c3ccccc3c3cc(C)ccc32)cccc1C(F)(F)F. The van der Waals surface area contributed by atoms with Gasteiger partial charge in [-0.2, -0.15) is 13.2 Å². The average molecular weight is 582 g/mol. The maximum atomic E-state index is 15.0. The molecule has 0 unspecified atom stereocenters. The molecule has 214 valence electrons. The summed E-state index contributed by atoms with van der Waals surface area (Å²) in [6.07, 6.45) is -3.05. The lowest BCUT2D eigenvalue weighted by molar-refractivity contribution is -0.137. The first-order valence-electron chi connectivity index (χ1n) is 14.5. The molecule has 44 heavy (non-hydrogen) atoms. The molecule has 0 saturated carbocycles. The summed E-state index contributed by atoms with van der Waals surface area (Å²) in [5.74, 6) is 0. The highest BCUT2D eigenvalue weighted by Gasteiger charge is 2.37. The largest absolute Gasteiger partial charge is 0.417 e. The van der Waals surface area contributed by atoms with Gasteiger partial charge in [0, 0.05) is 33.3 Å². The zero-order valence-electron chi connectivity index (χ0n) is 24.0. The van der Waals surface area contributed by atoms with Crippen molar-refractivity contribution >= 4 is 43.6 Å². The molecule has 0 fully saturated rings. The number of fused-ring (bicyclic) bond motifs is 6. The van der Waals surface area contributed by atoms with Gasteiger partial charge in [-0.05, 0) is 74.5 Å². The minimum Gasteiger partial charge on any atom is -0.309 e. The topological polar surface area (TPSA) is 22.8 Å². The standard InChI is InChI=1S/C38H26F3N3/c1-23-16-18-32-27(21-23)25-9-3-5-12-30(25)43(32)34-14-7-11-29(38(39,40)41)36(34)37-35(15-8-20-42-37)44-31-13-6-4-10-26(31)28-22-24(2)17-19-33(28)44/h3-22H,1-2H3. The molecule has 0 atom stereocenters. The maximum absolute atomic E-state index is 15.0. The molecule has 0 radical (unpaired) electrons. The predicted octanol–water partition coefficient (Wildman–Crippen LogP) is 10.6. The van der Waals surface area contributed by atoms with Gasteiger partial charge in [0.1, 0.15) is 0 Å². The normalized spacial score (nSPS) is 12.2. The molecule has 0 spiro atoms. The Morgan fingerprint density at radius 3 is 1.64 bits per heavy atom. The first-order valence-corrected chi connectivity index (χ1v) is 14.5. The van der Waals surface area contributed by atoms with Gasteiger partial charge in [0.15, 0.2) is 0 Å². The maximum Gasteiger partial charge on any atom is 0.417 e. The van der Waals surface area contributed by atoms with E-state index in [1.165, 1.54) is 6.07 Å². The van der Waals surface area contributed by atoms with E-state index in [1.54, 1.807) is 18.3 Å². The molecule has 3 heterocycles. The number of aryl methyl sites for hydroxylation is 2. The number of nitrogens with zero attached hydrogens (tertiary/aromatic N) is 3. The first kappa shape index (κ1) is 26.3. The number of halogens is 3. The summed E-state index contributed by atoms with van der Waals surface area (Å²) < 4.78 is 49.0. The van der Waals surface area contributed by atoms with Gasteiger partial charge in [0.25, 0.3) is 0 Å². The van der Waals surface area contributed by atoms with Gasteiger partial charge >= 0.3 is 6.18 Å². The number of hydrogen-bond acceptors (Lipinski definition) is 1. The smallest absolute Gasteiger partial charge is 0.309 e. The molecule has 0 aliphatic carbocycles. The summed E-state index contributed by atoms with van der Waals surface area (Å²) >= 11 is 0. The highest BCUT2D eigenvalue weighted by molar-refractivity contribution is 6.11. The number of aromatic nitrogens is 3. The fraction of sp³-hybridized carbons (Fsp3) is 0.0789. The summed E-state index contributed by atoms with van der Waals surface area (Å²) in [6, 6.07) is 36.2. The second-order valence-electron chi connectivity index (χ2n) is 11.3. The number of para-hydroxylation sites is 2. The van der Waals surface area contributed by atoms with Crippen LogP contribution in [0.25, 0.3) is 66.2 Å². The molecule has 0 N–H and O–H groups in total. The molecule has 3 aromatic heterocycles. The van der Waals surface area contributed by atoms with Crippen LogP contribution in [0.5, 0.6) is 0 Å². The van der Waals surface area contributed by atoms with Gasteiger partial charge in [-0.15, -0.1) is 0 Å². The average Bonchev–Trinajstić information content (AvgIpc) is 3.52. The van der Waals surface area contributed by atoms with Crippen LogP contribution < -0.4 is 0 Å². The highest BCUT2D eigenvalue weighted by atomic mass is 19.4. The number of rotatable bonds is 3. The molecular weight excluding hydrogens is 555 g/mol. The van der Waals surface area contributed by atoms with E-state index in [1.807, 2.05) is 95.8 Å². The number of pyridine rings is 1. The fourth-order valence-corrected chi connectivity index (χ4v) is 6.67. The van der Waals surface area contributed by atoms with Gasteiger partial charge in [-0.1, -0.05) is 65.7 Å². The Balaban J connectivity index is 1.53. The molecule has 3 nitrogen and oxygen atoms in total. The number of hydrogen-bond donors (Lipinski definition) is 0. The first-order chi connectivity index (χ1) is 21.3. The van der Waals surface area contributed by atoms with E-state index in [4.69, 9.17) is 4.98 Å². The lowest BCUT2D eigenvalue weighted by atomic mass is 9.99. The van der Waals surface area contributed by atoms with Crippen LogP contribution in [0.2, 0.25) is 0 Å². The Labute approximate surface area is 251 Å².